The van der Waals surface area contributed by atoms with Crippen molar-refractivity contribution in [3.05, 3.63) is 29.3 Å². The Morgan fingerprint density at radius 3 is 2.70 bits per heavy atom. The number of carbonyl (C=O) groups is 1. The van der Waals surface area contributed by atoms with Crippen molar-refractivity contribution < 1.29 is 9.53 Å². The Bertz CT molecular complexity index is 492. The number of nitrogens with zero attached hydrogens (tertiary/aromatic N) is 1. The summed E-state index contributed by atoms with van der Waals surface area (Å²) in [4.78, 5) is 14.1. The molecular formula is C18H27ClN2O2. The summed E-state index contributed by atoms with van der Waals surface area (Å²) in [6.45, 7) is 3.89. The van der Waals surface area contributed by atoms with E-state index in [0.717, 1.165) is 12.2 Å². The Kier molecular flexibility index (Phi) is 7.18. The van der Waals surface area contributed by atoms with Crippen LogP contribution in [0.5, 0.6) is 5.75 Å². The monoisotopic (exact) mass is 338 g/mol. The van der Waals surface area contributed by atoms with Gasteiger partial charge >= 0.3 is 0 Å². The van der Waals surface area contributed by atoms with E-state index < -0.39 is 0 Å². The first-order valence-corrected chi connectivity index (χ1v) is 8.78. The molecule has 1 aliphatic carbocycles. The largest absolute Gasteiger partial charge is 0.492 e. The molecule has 2 unspecified atom stereocenters. The summed E-state index contributed by atoms with van der Waals surface area (Å²) < 4.78 is 5.65. The summed E-state index contributed by atoms with van der Waals surface area (Å²) in [5.74, 6) is 1.49. The zero-order chi connectivity index (χ0) is 16.7. The fraction of sp³-hybridized carbons (Fsp3) is 0.611. The molecule has 2 atom stereocenters. The van der Waals surface area contributed by atoms with Gasteiger partial charge in [0.15, 0.2) is 0 Å². The molecule has 128 valence electrons. The zero-order valence-corrected chi connectivity index (χ0v) is 14.8. The molecule has 1 aliphatic rings. The van der Waals surface area contributed by atoms with Crippen LogP contribution in [0.25, 0.3) is 0 Å². The fourth-order valence-electron chi connectivity index (χ4n) is 2.96. The van der Waals surface area contributed by atoms with Gasteiger partial charge in [0, 0.05) is 17.6 Å². The van der Waals surface area contributed by atoms with Gasteiger partial charge in [-0.3, -0.25) is 9.69 Å². The highest BCUT2D eigenvalue weighted by Crippen LogP contribution is 2.23. The summed E-state index contributed by atoms with van der Waals surface area (Å²) in [7, 11) is 1.94. The predicted molar refractivity (Wildman–Crippen MR) is 94.0 cm³/mol. The van der Waals surface area contributed by atoms with Gasteiger partial charge in [-0.05, 0) is 50.1 Å². The van der Waals surface area contributed by atoms with Crippen molar-refractivity contribution in [3.8, 4) is 5.75 Å². The minimum absolute atomic E-state index is 0.109. The average Bonchev–Trinajstić information content (AvgIpc) is 2.51. The minimum Gasteiger partial charge on any atom is -0.492 e. The number of hydrogen-bond acceptors (Lipinski definition) is 3. The molecule has 0 heterocycles. The number of carbonyl (C=O) groups excluding carboxylic acids is 1. The van der Waals surface area contributed by atoms with Crippen LogP contribution in [0.2, 0.25) is 5.02 Å². The average molecular weight is 339 g/mol. The van der Waals surface area contributed by atoms with Gasteiger partial charge in [-0.1, -0.05) is 31.4 Å². The maximum Gasteiger partial charge on any atom is 0.234 e. The van der Waals surface area contributed by atoms with E-state index in [4.69, 9.17) is 16.3 Å². The fourth-order valence-corrected chi connectivity index (χ4v) is 3.08. The molecule has 1 fully saturated rings. The van der Waals surface area contributed by atoms with E-state index in [9.17, 15) is 4.79 Å². The maximum absolute atomic E-state index is 12.1. The SMILES string of the molecule is CC1CCCCC1NC(=O)CN(C)CCOc1ccc(Cl)cc1. The summed E-state index contributed by atoms with van der Waals surface area (Å²) in [6.07, 6.45) is 4.83. The molecule has 0 aromatic heterocycles. The highest BCUT2D eigenvalue weighted by Gasteiger charge is 2.22. The Morgan fingerprint density at radius 2 is 2.00 bits per heavy atom. The Balaban J connectivity index is 1.64. The van der Waals surface area contributed by atoms with Crippen LogP contribution in [0.15, 0.2) is 24.3 Å². The number of nitrogens with one attached hydrogen (secondary N) is 1. The van der Waals surface area contributed by atoms with Crippen LogP contribution in [0.4, 0.5) is 0 Å². The van der Waals surface area contributed by atoms with E-state index in [0.29, 0.717) is 36.7 Å². The lowest BCUT2D eigenvalue weighted by atomic mass is 9.86. The topological polar surface area (TPSA) is 41.6 Å². The van der Waals surface area contributed by atoms with E-state index in [1.165, 1.54) is 19.3 Å². The third-order valence-electron chi connectivity index (χ3n) is 4.43. The second-order valence-electron chi connectivity index (χ2n) is 6.48. The van der Waals surface area contributed by atoms with Gasteiger partial charge < -0.3 is 10.1 Å². The van der Waals surface area contributed by atoms with Crippen molar-refractivity contribution in [2.24, 2.45) is 5.92 Å². The van der Waals surface area contributed by atoms with Crippen molar-refractivity contribution in [2.75, 3.05) is 26.7 Å². The Hall–Kier alpha value is -1.26. The van der Waals surface area contributed by atoms with Crippen molar-refractivity contribution in [1.82, 2.24) is 10.2 Å². The molecule has 0 bridgehead atoms. The standard InChI is InChI=1S/C18H27ClN2O2/c1-14-5-3-4-6-17(14)20-18(22)13-21(2)11-12-23-16-9-7-15(19)8-10-16/h7-10,14,17H,3-6,11-13H2,1-2H3,(H,20,22). The van der Waals surface area contributed by atoms with Crippen molar-refractivity contribution >= 4 is 17.5 Å². The van der Waals surface area contributed by atoms with Gasteiger partial charge in [-0.25, -0.2) is 0 Å². The van der Waals surface area contributed by atoms with Crippen molar-refractivity contribution in [1.29, 1.82) is 0 Å². The van der Waals surface area contributed by atoms with Crippen LogP contribution in [-0.4, -0.2) is 43.6 Å². The lowest BCUT2D eigenvalue weighted by Crippen LogP contribution is -2.45. The number of halogens is 1. The number of rotatable bonds is 7. The lowest BCUT2D eigenvalue weighted by molar-refractivity contribution is -0.123. The first kappa shape index (κ1) is 18.1. The number of amides is 1. The highest BCUT2D eigenvalue weighted by molar-refractivity contribution is 6.30. The number of ether oxygens (including phenoxy) is 1. The molecule has 5 heteroatoms. The molecule has 1 saturated carbocycles. The Morgan fingerprint density at radius 1 is 1.30 bits per heavy atom. The summed E-state index contributed by atoms with van der Waals surface area (Å²) >= 11 is 5.84. The first-order chi connectivity index (χ1) is 11.0. The normalized spacial score (nSPS) is 21.2. The van der Waals surface area contributed by atoms with Crippen molar-refractivity contribution in [2.45, 2.75) is 38.6 Å². The molecule has 23 heavy (non-hydrogen) atoms. The van der Waals surface area contributed by atoms with Crippen molar-refractivity contribution in [3.63, 3.8) is 0 Å². The molecule has 1 N–H and O–H groups in total. The van der Waals surface area contributed by atoms with E-state index >= 15 is 0 Å². The summed E-state index contributed by atoms with van der Waals surface area (Å²) in [6, 6.07) is 7.65. The smallest absolute Gasteiger partial charge is 0.234 e. The molecule has 0 saturated heterocycles. The number of benzene rings is 1. The zero-order valence-electron chi connectivity index (χ0n) is 14.1. The molecular weight excluding hydrogens is 312 g/mol. The van der Waals surface area contributed by atoms with E-state index in [-0.39, 0.29) is 5.91 Å². The minimum atomic E-state index is 0.109. The van der Waals surface area contributed by atoms with Gasteiger partial charge in [0.1, 0.15) is 12.4 Å². The lowest BCUT2D eigenvalue weighted by Gasteiger charge is -2.30. The number of hydrogen-bond donors (Lipinski definition) is 1. The molecule has 4 nitrogen and oxygen atoms in total. The van der Waals surface area contributed by atoms with Crippen LogP contribution in [-0.2, 0) is 4.79 Å². The molecule has 1 aromatic carbocycles. The molecule has 0 spiro atoms. The van der Waals surface area contributed by atoms with Crippen LogP contribution >= 0.6 is 11.6 Å². The van der Waals surface area contributed by atoms with Crippen LogP contribution < -0.4 is 10.1 Å². The quantitative estimate of drug-likeness (QED) is 0.829. The van der Waals surface area contributed by atoms with E-state index in [1.807, 2.05) is 24.1 Å². The van der Waals surface area contributed by atoms with Crippen LogP contribution in [0.3, 0.4) is 0 Å². The van der Waals surface area contributed by atoms with E-state index in [1.54, 1.807) is 12.1 Å². The molecule has 1 aromatic rings. The molecule has 2 rings (SSSR count). The molecule has 1 amide bonds. The number of likely N-dealkylation sites (N-methyl/N-ethyl adjacent to an activating group) is 1. The Labute approximate surface area is 144 Å². The molecule has 0 aliphatic heterocycles. The second-order valence-corrected chi connectivity index (χ2v) is 6.91. The third-order valence-corrected chi connectivity index (χ3v) is 4.68. The van der Waals surface area contributed by atoms with E-state index in [2.05, 4.69) is 12.2 Å². The van der Waals surface area contributed by atoms with Crippen LogP contribution in [0.1, 0.15) is 32.6 Å². The first-order valence-electron chi connectivity index (χ1n) is 8.41. The maximum atomic E-state index is 12.1. The predicted octanol–water partition coefficient (Wildman–Crippen LogP) is 3.35. The van der Waals surface area contributed by atoms with Crippen LogP contribution in [0, 0.1) is 5.92 Å². The highest BCUT2D eigenvalue weighted by atomic mass is 35.5. The summed E-state index contributed by atoms with van der Waals surface area (Å²) in [5, 5.41) is 3.88. The van der Waals surface area contributed by atoms with Gasteiger partial charge in [-0.2, -0.15) is 0 Å². The van der Waals surface area contributed by atoms with Gasteiger partial charge in [-0.15, -0.1) is 0 Å². The molecule has 0 radical (unpaired) electrons. The van der Waals surface area contributed by atoms with Gasteiger partial charge in [0.25, 0.3) is 0 Å². The van der Waals surface area contributed by atoms with Gasteiger partial charge in [0.05, 0.1) is 6.54 Å². The second kappa shape index (κ2) is 9.14. The summed E-state index contributed by atoms with van der Waals surface area (Å²) in [5.41, 5.74) is 0. The van der Waals surface area contributed by atoms with Gasteiger partial charge in [0.2, 0.25) is 5.91 Å². The third kappa shape index (κ3) is 6.40.